The van der Waals surface area contributed by atoms with Crippen LogP contribution in [-0.4, -0.2) is 12.5 Å². The van der Waals surface area contributed by atoms with E-state index in [1.807, 2.05) is 23.6 Å². The summed E-state index contributed by atoms with van der Waals surface area (Å²) in [5.41, 5.74) is 2.41. The Morgan fingerprint density at radius 2 is 2.30 bits per heavy atom. The highest BCUT2D eigenvalue weighted by molar-refractivity contribution is 9.10. The van der Waals surface area contributed by atoms with Crippen molar-refractivity contribution in [2.24, 2.45) is 0 Å². The lowest BCUT2D eigenvalue weighted by molar-refractivity contribution is -0.121. The van der Waals surface area contributed by atoms with Crippen molar-refractivity contribution in [3.05, 3.63) is 50.6 Å². The average molecular weight is 351 g/mol. The predicted octanol–water partition coefficient (Wildman–Crippen LogP) is 3.73. The number of nitrogens with one attached hydrogen (secondary N) is 2. The van der Waals surface area contributed by atoms with Crippen molar-refractivity contribution in [1.82, 2.24) is 5.32 Å². The van der Waals surface area contributed by atoms with Crippen LogP contribution in [0.2, 0.25) is 0 Å². The van der Waals surface area contributed by atoms with Crippen LogP contribution in [0.4, 0.5) is 5.69 Å². The van der Waals surface area contributed by atoms with Crippen LogP contribution in [0.5, 0.6) is 0 Å². The summed E-state index contributed by atoms with van der Waals surface area (Å²) in [6.07, 6.45) is 0.538. The number of hydrogen-bond acceptors (Lipinski definition) is 3. The van der Waals surface area contributed by atoms with E-state index in [-0.39, 0.29) is 11.8 Å². The minimum atomic E-state index is 0.109. The Morgan fingerprint density at radius 3 is 3.10 bits per heavy atom. The van der Waals surface area contributed by atoms with Crippen LogP contribution in [0, 0.1) is 0 Å². The molecule has 0 bridgehead atoms. The molecule has 1 atom stereocenters. The quantitative estimate of drug-likeness (QED) is 0.881. The Labute approximate surface area is 130 Å². The van der Waals surface area contributed by atoms with Crippen molar-refractivity contribution < 1.29 is 4.79 Å². The molecule has 1 aromatic heterocycles. The van der Waals surface area contributed by atoms with Gasteiger partial charge in [-0.15, -0.1) is 11.3 Å². The number of carbonyl (C=O) groups excluding carboxylic acids is 1. The van der Waals surface area contributed by atoms with Crippen LogP contribution >= 0.6 is 27.3 Å². The van der Waals surface area contributed by atoms with Gasteiger partial charge in [0.1, 0.15) is 0 Å². The van der Waals surface area contributed by atoms with Gasteiger partial charge in [-0.1, -0.05) is 18.2 Å². The number of fused-ring (bicyclic) bond motifs is 1. The lowest BCUT2D eigenvalue weighted by Crippen LogP contribution is -2.24. The second kappa shape index (κ2) is 5.97. The number of carbonyl (C=O) groups is 1. The fraction of sp³-hybridized carbons (Fsp3) is 0.267. The average Bonchev–Trinajstić information content (AvgIpc) is 3.04. The first-order valence-electron chi connectivity index (χ1n) is 6.55. The van der Waals surface area contributed by atoms with E-state index in [2.05, 4.69) is 38.7 Å². The van der Waals surface area contributed by atoms with Gasteiger partial charge in [0.15, 0.2) is 0 Å². The number of rotatable bonds is 4. The zero-order valence-electron chi connectivity index (χ0n) is 10.9. The van der Waals surface area contributed by atoms with E-state index < -0.39 is 0 Å². The first-order valence-corrected chi connectivity index (χ1v) is 8.22. The number of para-hydroxylation sites is 1. The molecular weight excluding hydrogens is 336 g/mol. The first kappa shape index (κ1) is 13.6. The maximum atomic E-state index is 12.0. The van der Waals surface area contributed by atoms with Crippen LogP contribution in [0.3, 0.4) is 0 Å². The van der Waals surface area contributed by atoms with Gasteiger partial charge in [-0.25, -0.2) is 0 Å². The Kier molecular flexibility index (Phi) is 4.08. The first-order chi connectivity index (χ1) is 9.72. The van der Waals surface area contributed by atoms with Gasteiger partial charge in [-0.05, 0) is 33.6 Å². The second-order valence-corrected chi connectivity index (χ2v) is 6.79. The molecule has 3 nitrogen and oxygen atoms in total. The van der Waals surface area contributed by atoms with E-state index in [0.29, 0.717) is 13.0 Å². The maximum absolute atomic E-state index is 12.0. The molecule has 1 aromatic carbocycles. The molecule has 1 unspecified atom stereocenters. The summed E-state index contributed by atoms with van der Waals surface area (Å²) >= 11 is 5.07. The minimum Gasteiger partial charge on any atom is -0.384 e. The van der Waals surface area contributed by atoms with Crippen LogP contribution in [-0.2, 0) is 11.3 Å². The predicted molar refractivity (Wildman–Crippen MR) is 86.2 cm³/mol. The van der Waals surface area contributed by atoms with Crippen molar-refractivity contribution in [3.63, 3.8) is 0 Å². The fourth-order valence-corrected chi connectivity index (χ4v) is 3.86. The van der Waals surface area contributed by atoms with E-state index >= 15 is 0 Å². The van der Waals surface area contributed by atoms with Gasteiger partial charge in [-0.2, -0.15) is 0 Å². The summed E-state index contributed by atoms with van der Waals surface area (Å²) in [5, 5.41) is 8.37. The number of amides is 1. The van der Waals surface area contributed by atoms with Crippen LogP contribution in [0.1, 0.15) is 22.8 Å². The number of hydrogen-bond donors (Lipinski definition) is 2. The molecule has 2 heterocycles. The molecule has 0 fully saturated rings. The van der Waals surface area contributed by atoms with Crippen LogP contribution in [0.15, 0.2) is 40.2 Å². The molecule has 0 saturated carbocycles. The number of anilines is 1. The minimum absolute atomic E-state index is 0.109. The van der Waals surface area contributed by atoms with Crippen molar-refractivity contribution in [1.29, 1.82) is 0 Å². The molecule has 2 N–H and O–H groups in total. The summed E-state index contributed by atoms with van der Waals surface area (Å²) in [7, 11) is 0. The molecule has 0 saturated heterocycles. The lowest BCUT2D eigenvalue weighted by atomic mass is 9.97. The molecule has 0 radical (unpaired) electrons. The Morgan fingerprint density at radius 1 is 1.45 bits per heavy atom. The summed E-state index contributed by atoms with van der Waals surface area (Å²) in [4.78, 5) is 13.2. The third-order valence-electron chi connectivity index (χ3n) is 3.45. The van der Waals surface area contributed by atoms with E-state index in [4.69, 9.17) is 0 Å². The monoisotopic (exact) mass is 350 g/mol. The molecule has 3 rings (SSSR count). The van der Waals surface area contributed by atoms with Gasteiger partial charge >= 0.3 is 0 Å². The fourth-order valence-electron chi connectivity index (χ4n) is 2.47. The maximum Gasteiger partial charge on any atom is 0.220 e. The van der Waals surface area contributed by atoms with Gasteiger partial charge in [0.2, 0.25) is 5.91 Å². The molecule has 1 amide bonds. The molecule has 5 heteroatoms. The normalized spacial score (nSPS) is 16.6. The Hall–Kier alpha value is -1.33. The van der Waals surface area contributed by atoms with Crippen molar-refractivity contribution in [2.75, 3.05) is 11.9 Å². The van der Waals surface area contributed by atoms with E-state index in [0.717, 1.165) is 21.6 Å². The highest BCUT2D eigenvalue weighted by atomic mass is 79.9. The van der Waals surface area contributed by atoms with E-state index in [1.165, 1.54) is 5.56 Å². The second-order valence-electron chi connectivity index (χ2n) is 4.88. The highest BCUT2D eigenvalue weighted by Gasteiger charge is 2.23. The number of benzene rings is 1. The number of thiophene rings is 1. The molecule has 0 aliphatic carbocycles. The van der Waals surface area contributed by atoms with Gasteiger partial charge in [0.25, 0.3) is 0 Å². The van der Waals surface area contributed by atoms with Crippen LogP contribution in [0.25, 0.3) is 0 Å². The molecule has 1 aliphatic heterocycles. The van der Waals surface area contributed by atoms with Crippen molar-refractivity contribution >= 4 is 38.9 Å². The number of halogens is 1. The smallest absolute Gasteiger partial charge is 0.220 e. The van der Waals surface area contributed by atoms with Crippen LogP contribution < -0.4 is 10.6 Å². The zero-order chi connectivity index (χ0) is 13.9. The SMILES string of the molecule is O=C(CC1CNc2ccccc21)NCc1cc(Br)cs1. The van der Waals surface area contributed by atoms with Gasteiger partial charge in [-0.3, -0.25) is 4.79 Å². The molecular formula is C15H15BrN2OS. The summed E-state index contributed by atoms with van der Waals surface area (Å²) < 4.78 is 1.07. The molecule has 0 spiro atoms. The lowest BCUT2D eigenvalue weighted by Gasteiger charge is -2.10. The Balaban J connectivity index is 1.55. The summed E-state index contributed by atoms with van der Waals surface area (Å²) in [5.74, 6) is 0.388. The Bertz CT molecular complexity index is 626. The highest BCUT2D eigenvalue weighted by Crippen LogP contribution is 2.33. The molecule has 104 valence electrons. The van der Waals surface area contributed by atoms with Gasteiger partial charge < -0.3 is 10.6 Å². The zero-order valence-corrected chi connectivity index (χ0v) is 13.3. The summed E-state index contributed by atoms with van der Waals surface area (Å²) in [6, 6.07) is 10.3. The molecule has 1 aliphatic rings. The topological polar surface area (TPSA) is 41.1 Å². The van der Waals surface area contributed by atoms with E-state index in [9.17, 15) is 4.79 Å². The third-order valence-corrected chi connectivity index (χ3v) is 5.15. The summed E-state index contributed by atoms with van der Waals surface area (Å²) in [6.45, 7) is 1.45. The van der Waals surface area contributed by atoms with Crippen molar-refractivity contribution in [3.8, 4) is 0 Å². The van der Waals surface area contributed by atoms with Gasteiger partial charge in [0, 0.05) is 39.3 Å². The largest absolute Gasteiger partial charge is 0.384 e. The standard InChI is InChI=1S/C15H15BrN2OS/c16-11-6-12(20-9-11)8-18-15(19)5-10-7-17-14-4-2-1-3-13(10)14/h1-4,6,9-10,17H,5,7-8H2,(H,18,19). The molecule has 2 aromatic rings. The molecule has 20 heavy (non-hydrogen) atoms. The van der Waals surface area contributed by atoms with Crippen molar-refractivity contribution in [2.45, 2.75) is 18.9 Å². The van der Waals surface area contributed by atoms with E-state index in [1.54, 1.807) is 11.3 Å². The third kappa shape index (κ3) is 3.04. The van der Waals surface area contributed by atoms with Gasteiger partial charge in [0.05, 0.1) is 6.54 Å².